The summed E-state index contributed by atoms with van der Waals surface area (Å²) in [5.41, 5.74) is 3.66. The number of likely N-dealkylation sites (tertiary alicyclic amines) is 2. The van der Waals surface area contributed by atoms with Gasteiger partial charge in [0, 0.05) is 45.0 Å². The van der Waals surface area contributed by atoms with Crippen molar-refractivity contribution in [3.05, 3.63) is 29.3 Å². The van der Waals surface area contributed by atoms with Gasteiger partial charge in [0.2, 0.25) is 0 Å². The van der Waals surface area contributed by atoms with Gasteiger partial charge < -0.3 is 14.5 Å². The molecule has 0 aliphatic carbocycles. The number of piperidine rings is 1. The Morgan fingerprint density at radius 2 is 1.57 bits per heavy atom. The van der Waals surface area contributed by atoms with E-state index in [1.54, 1.807) is 0 Å². The molecular formula is C24H31F6N3O2. The van der Waals surface area contributed by atoms with E-state index in [1.165, 1.54) is 29.7 Å². The topological polar surface area (TPSA) is 36.0 Å². The van der Waals surface area contributed by atoms with Crippen molar-refractivity contribution in [3.8, 4) is 0 Å². The third kappa shape index (κ3) is 5.98. The average Bonchev–Trinajstić information content (AvgIpc) is 3.42. The highest BCUT2D eigenvalue weighted by Crippen LogP contribution is 2.42. The molecule has 1 aromatic rings. The highest BCUT2D eigenvalue weighted by molar-refractivity contribution is 5.68. The summed E-state index contributed by atoms with van der Waals surface area (Å²) < 4.78 is 80.1. The quantitative estimate of drug-likeness (QED) is 0.504. The van der Waals surface area contributed by atoms with Gasteiger partial charge in [-0.15, -0.1) is 0 Å². The molecule has 11 heteroatoms. The predicted molar refractivity (Wildman–Crippen MR) is 118 cm³/mol. The zero-order valence-corrected chi connectivity index (χ0v) is 19.7. The van der Waals surface area contributed by atoms with Gasteiger partial charge in [-0.2, -0.15) is 26.3 Å². The lowest BCUT2D eigenvalue weighted by atomic mass is 9.78. The van der Waals surface area contributed by atoms with E-state index < -0.39 is 24.5 Å². The van der Waals surface area contributed by atoms with Crippen molar-refractivity contribution in [3.63, 3.8) is 0 Å². The molecule has 196 valence electrons. The van der Waals surface area contributed by atoms with Crippen LogP contribution in [0.5, 0.6) is 0 Å². The van der Waals surface area contributed by atoms with Gasteiger partial charge in [0.1, 0.15) is 0 Å². The fraction of sp³-hybridized carbons (Fsp3) is 0.708. The molecule has 0 unspecified atom stereocenters. The number of anilines is 1. The summed E-state index contributed by atoms with van der Waals surface area (Å²) in [6.07, 6.45) is -12.7. The van der Waals surface area contributed by atoms with Gasteiger partial charge in [-0.25, -0.2) is 4.79 Å². The standard InChI is InChI=1S/C24H31F6N3O2/c1-17-14-18(4-5-19(17)32-9-2-3-10-32)15-31-11-6-22(16-31)7-12-33(13-8-22)21(34)35-20(23(25,26)27)24(28,29)30/h4-5,14,20H,2-3,6-13,15-16H2,1H3. The molecule has 0 atom stereocenters. The van der Waals surface area contributed by atoms with Crippen LogP contribution in [0.2, 0.25) is 0 Å². The second-order valence-electron chi connectivity index (χ2n) is 10.1. The molecule has 3 fully saturated rings. The number of aryl methyl sites for hydroxylation is 1. The SMILES string of the molecule is Cc1cc(CN2CCC3(CCN(C(=O)OC(C(F)(F)F)C(F)(F)F)CC3)C2)ccc1N1CCCC1. The molecule has 1 aromatic carbocycles. The number of carbonyl (C=O) groups is 1. The van der Waals surface area contributed by atoms with E-state index in [2.05, 4.69) is 39.7 Å². The number of hydrogen-bond acceptors (Lipinski definition) is 4. The second kappa shape index (κ2) is 9.71. The highest BCUT2D eigenvalue weighted by atomic mass is 19.4. The highest BCUT2D eigenvalue weighted by Gasteiger charge is 2.60. The van der Waals surface area contributed by atoms with Crippen molar-refractivity contribution in [1.82, 2.24) is 9.80 Å². The summed E-state index contributed by atoms with van der Waals surface area (Å²) in [6, 6.07) is 6.55. The van der Waals surface area contributed by atoms with Crippen LogP contribution < -0.4 is 4.90 Å². The normalized spacial score (nSPS) is 21.4. The Morgan fingerprint density at radius 3 is 2.14 bits per heavy atom. The molecule has 0 N–H and O–H groups in total. The number of alkyl halides is 6. The zero-order valence-electron chi connectivity index (χ0n) is 19.7. The maximum atomic E-state index is 12.7. The number of hydrogen-bond donors (Lipinski definition) is 0. The van der Waals surface area contributed by atoms with E-state index in [4.69, 9.17) is 0 Å². The number of rotatable bonds is 4. The molecule has 3 aliphatic rings. The van der Waals surface area contributed by atoms with Crippen molar-refractivity contribution in [1.29, 1.82) is 0 Å². The van der Waals surface area contributed by atoms with Gasteiger partial charge in [-0.05, 0) is 68.2 Å². The molecule has 35 heavy (non-hydrogen) atoms. The maximum absolute atomic E-state index is 12.7. The minimum absolute atomic E-state index is 0.0821. The minimum Gasteiger partial charge on any atom is -0.426 e. The van der Waals surface area contributed by atoms with E-state index in [-0.39, 0.29) is 18.5 Å². The average molecular weight is 508 g/mol. The largest absolute Gasteiger partial charge is 0.434 e. The molecule has 3 heterocycles. The molecule has 3 aliphatic heterocycles. The lowest BCUT2D eigenvalue weighted by molar-refractivity contribution is -0.308. The van der Waals surface area contributed by atoms with Crippen molar-refractivity contribution in [2.75, 3.05) is 44.2 Å². The van der Waals surface area contributed by atoms with Crippen molar-refractivity contribution >= 4 is 11.8 Å². The smallest absolute Gasteiger partial charge is 0.426 e. The Balaban J connectivity index is 1.29. The minimum atomic E-state index is -5.71. The van der Waals surface area contributed by atoms with E-state index in [0.29, 0.717) is 12.8 Å². The first-order valence-corrected chi connectivity index (χ1v) is 12.0. The van der Waals surface area contributed by atoms with E-state index in [0.717, 1.165) is 44.0 Å². The first kappa shape index (κ1) is 25.9. The Kier molecular flexibility index (Phi) is 7.19. The predicted octanol–water partition coefficient (Wildman–Crippen LogP) is 5.51. The van der Waals surface area contributed by atoms with Crippen LogP contribution in [0.3, 0.4) is 0 Å². The van der Waals surface area contributed by atoms with Gasteiger partial charge in [-0.3, -0.25) is 4.90 Å². The summed E-state index contributed by atoms with van der Waals surface area (Å²) in [4.78, 5) is 17.8. The van der Waals surface area contributed by atoms with Crippen molar-refractivity contribution < 1.29 is 35.9 Å². The third-order valence-corrected chi connectivity index (χ3v) is 7.53. The summed E-state index contributed by atoms with van der Waals surface area (Å²) in [6.45, 7) is 6.90. The van der Waals surface area contributed by atoms with Gasteiger partial charge in [0.25, 0.3) is 6.10 Å². The summed E-state index contributed by atoms with van der Waals surface area (Å²) in [7, 11) is 0. The van der Waals surface area contributed by atoms with Crippen LogP contribution in [0.1, 0.15) is 43.2 Å². The molecule has 4 rings (SSSR count). The third-order valence-electron chi connectivity index (χ3n) is 7.53. The molecule has 0 aromatic heterocycles. The van der Waals surface area contributed by atoms with E-state index in [9.17, 15) is 31.1 Å². The fourth-order valence-corrected chi connectivity index (χ4v) is 5.62. The molecule has 1 amide bonds. The lowest BCUT2D eigenvalue weighted by Gasteiger charge is -2.39. The first-order valence-electron chi connectivity index (χ1n) is 12.0. The summed E-state index contributed by atoms with van der Waals surface area (Å²) >= 11 is 0. The zero-order chi connectivity index (χ0) is 25.4. The van der Waals surface area contributed by atoms with Gasteiger partial charge in [0.05, 0.1) is 0 Å². The van der Waals surface area contributed by atoms with E-state index in [1.807, 2.05) is 0 Å². The molecule has 3 saturated heterocycles. The van der Waals surface area contributed by atoms with Gasteiger partial charge in [0.15, 0.2) is 0 Å². The Morgan fingerprint density at radius 1 is 0.971 bits per heavy atom. The maximum Gasteiger partial charge on any atom is 0.434 e. The Bertz CT molecular complexity index is 892. The van der Waals surface area contributed by atoms with Gasteiger partial charge >= 0.3 is 18.4 Å². The monoisotopic (exact) mass is 507 g/mol. The van der Waals surface area contributed by atoms with Crippen LogP contribution in [0.15, 0.2) is 18.2 Å². The number of nitrogens with zero attached hydrogens (tertiary/aromatic N) is 3. The van der Waals surface area contributed by atoms with Crippen LogP contribution in [-0.4, -0.2) is 73.6 Å². The molecule has 0 bridgehead atoms. The van der Waals surface area contributed by atoms with Crippen LogP contribution >= 0.6 is 0 Å². The molecule has 5 nitrogen and oxygen atoms in total. The lowest BCUT2D eigenvalue weighted by Crippen LogP contribution is -2.50. The van der Waals surface area contributed by atoms with Crippen LogP contribution in [0, 0.1) is 12.3 Å². The number of carbonyl (C=O) groups excluding carboxylic acids is 1. The van der Waals surface area contributed by atoms with Crippen molar-refractivity contribution in [2.45, 2.75) is 64.0 Å². The number of amides is 1. The fourth-order valence-electron chi connectivity index (χ4n) is 5.62. The van der Waals surface area contributed by atoms with Crippen LogP contribution in [0.4, 0.5) is 36.8 Å². The van der Waals surface area contributed by atoms with Crippen molar-refractivity contribution in [2.24, 2.45) is 5.41 Å². The van der Waals surface area contributed by atoms with Crippen LogP contribution in [0.25, 0.3) is 0 Å². The molecule has 0 saturated carbocycles. The van der Waals surface area contributed by atoms with E-state index >= 15 is 0 Å². The molecule has 0 radical (unpaired) electrons. The first-order chi connectivity index (χ1) is 16.4. The molecular weight excluding hydrogens is 476 g/mol. The Labute approximate surface area is 201 Å². The Hall–Kier alpha value is -2.17. The number of halogens is 6. The second-order valence-corrected chi connectivity index (χ2v) is 10.1. The van der Waals surface area contributed by atoms with Crippen LogP contribution in [-0.2, 0) is 11.3 Å². The molecule has 1 spiro atoms. The number of ether oxygens (including phenoxy) is 1. The summed E-state index contributed by atoms with van der Waals surface area (Å²) in [5, 5.41) is 0. The number of benzene rings is 1. The summed E-state index contributed by atoms with van der Waals surface area (Å²) in [5.74, 6) is 0. The van der Waals surface area contributed by atoms with Gasteiger partial charge in [-0.1, -0.05) is 12.1 Å².